The number of halogens is 4. The van der Waals surface area contributed by atoms with Gasteiger partial charge >= 0.3 is 35.8 Å². The highest BCUT2D eigenvalue weighted by Crippen LogP contribution is 2.45. The molecule has 14 nitrogen and oxygen atoms in total. The summed E-state index contributed by atoms with van der Waals surface area (Å²) in [5.41, 5.74) is 3.49. The first-order valence-corrected chi connectivity index (χ1v) is 20.0. The summed E-state index contributed by atoms with van der Waals surface area (Å²) in [7, 11) is 2.49. The summed E-state index contributed by atoms with van der Waals surface area (Å²) >= 11 is 25.2. The molecule has 18 heteroatoms. The van der Waals surface area contributed by atoms with E-state index in [0.717, 1.165) is 0 Å². The minimum atomic E-state index is -0.885. The molecule has 0 saturated carbocycles. The second-order valence-electron chi connectivity index (χ2n) is 13.2. The maximum atomic E-state index is 12.9. The summed E-state index contributed by atoms with van der Waals surface area (Å²) in [6.07, 6.45) is 1.66. The number of dihydropyridines is 2. The Morgan fingerprint density at radius 2 is 0.833 bits per heavy atom. The molecule has 4 rings (SSSR count). The summed E-state index contributed by atoms with van der Waals surface area (Å²) in [6.45, 7) is 9.30. The maximum Gasteiger partial charge on any atom is 0.339 e. The zero-order valence-electron chi connectivity index (χ0n) is 34.3. The van der Waals surface area contributed by atoms with Gasteiger partial charge in [0.1, 0.15) is 0 Å². The van der Waals surface area contributed by atoms with E-state index in [-0.39, 0.29) is 55.2 Å². The first-order chi connectivity index (χ1) is 28.4. The van der Waals surface area contributed by atoms with Crippen LogP contribution in [-0.2, 0) is 57.2 Å². The lowest BCUT2D eigenvalue weighted by molar-refractivity contribution is -0.166. The Bertz CT molecular complexity index is 1990. The van der Waals surface area contributed by atoms with Gasteiger partial charge in [0.15, 0.2) is 0 Å². The molecule has 2 aliphatic rings. The predicted octanol–water partition coefficient (Wildman–Crippen LogP) is 8.49. The molecule has 0 spiro atoms. The summed E-state index contributed by atoms with van der Waals surface area (Å²) in [4.78, 5) is 74.0. The average Bonchev–Trinajstić information content (AvgIpc) is 3.19. The van der Waals surface area contributed by atoms with Crippen LogP contribution in [0.25, 0.3) is 0 Å². The van der Waals surface area contributed by atoms with E-state index >= 15 is 0 Å². The summed E-state index contributed by atoms with van der Waals surface area (Å²) in [6, 6.07) is 9.88. The van der Waals surface area contributed by atoms with Gasteiger partial charge in [-0.05, 0) is 63.8 Å². The van der Waals surface area contributed by atoms with Gasteiger partial charge in [0, 0.05) is 35.6 Å². The number of nitrogens with one attached hydrogen (secondary N) is 2. The standard InChI is InChI=1S/2C21H23Cl2NO6/c2*1-5-7-15(25)29-10-30-21(27)17-12(3)24-11(2)16(20(26)28-4)18(17)13-8-6-9-14(22)19(13)23/h2*6,8-9,18,24H,5,7,10H2,1-4H3. The Morgan fingerprint density at radius 3 is 1.13 bits per heavy atom. The van der Waals surface area contributed by atoms with Crippen LogP contribution in [0.5, 0.6) is 0 Å². The Hall–Kier alpha value is -5.02. The normalized spacial score (nSPS) is 16.1. The lowest BCUT2D eigenvalue weighted by Gasteiger charge is -2.30. The minimum absolute atomic E-state index is 0.136. The largest absolute Gasteiger partial charge is 0.466 e. The third-order valence-electron chi connectivity index (χ3n) is 9.08. The van der Waals surface area contributed by atoms with E-state index in [1.807, 2.05) is 13.8 Å². The monoisotopic (exact) mass is 910 g/mol. The quantitative estimate of drug-likeness (QED) is 0.105. The van der Waals surface area contributed by atoms with Gasteiger partial charge in [-0.25, -0.2) is 19.2 Å². The molecule has 2 aliphatic heterocycles. The van der Waals surface area contributed by atoms with Gasteiger partial charge in [-0.3, -0.25) is 9.59 Å². The Labute approximate surface area is 368 Å². The number of carbonyl (C=O) groups is 6. The smallest absolute Gasteiger partial charge is 0.339 e. The highest BCUT2D eigenvalue weighted by molar-refractivity contribution is 6.43. The SMILES string of the molecule is CCCC(=O)OCOC(=O)C1=C(C)NC(C)=C(C(=O)OC)C1c1cccc(Cl)c1Cl.CCCC(=O)OCOC(=O)C1=C(C)NC(C)=C(C(=O)OC)C1c1cccc(Cl)c1Cl. The molecule has 60 heavy (non-hydrogen) atoms. The van der Waals surface area contributed by atoms with Crippen LogP contribution in [0, 0.1) is 0 Å². The van der Waals surface area contributed by atoms with Crippen molar-refractivity contribution >= 4 is 82.2 Å². The number of methoxy groups -OCH3 is 2. The first-order valence-electron chi connectivity index (χ1n) is 18.5. The summed E-state index contributed by atoms with van der Waals surface area (Å²) in [5.74, 6) is -5.51. The number of allylic oxidation sites excluding steroid dienone is 4. The Kier molecular flexibility index (Phi) is 19.0. The van der Waals surface area contributed by atoms with E-state index in [2.05, 4.69) is 10.6 Å². The van der Waals surface area contributed by atoms with Crippen LogP contribution in [0.15, 0.2) is 81.5 Å². The molecule has 2 aromatic carbocycles. The van der Waals surface area contributed by atoms with Gasteiger partial charge < -0.3 is 39.1 Å². The molecule has 0 amide bonds. The predicted molar refractivity (Wildman–Crippen MR) is 223 cm³/mol. The third-order valence-corrected chi connectivity index (χ3v) is 10.8. The van der Waals surface area contributed by atoms with Crippen LogP contribution in [-0.4, -0.2) is 63.6 Å². The number of hydrogen-bond donors (Lipinski definition) is 2. The molecule has 324 valence electrons. The average molecular weight is 913 g/mol. The maximum absolute atomic E-state index is 12.9. The number of carbonyl (C=O) groups excluding carboxylic acids is 6. The fourth-order valence-corrected chi connectivity index (χ4v) is 7.24. The molecule has 2 atom stereocenters. The van der Waals surface area contributed by atoms with Crippen molar-refractivity contribution in [3.63, 3.8) is 0 Å². The van der Waals surface area contributed by atoms with E-state index in [1.54, 1.807) is 64.1 Å². The number of esters is 6. The van der Waals surface area contributed by atoms with Crippen molar-refractivity contribution in [2.45, 2.75) is 79.1 Å². The molecular formula is C42H46Cl4N2O12. The van der Waals surface area contributed by atoms with Gasteiger partial charge in [-0.2, -0.15) is 0 Å². The third kappa shape index (κ3) is 12.1. The molecule has 2 heterocycles. The zero-order valence-corrected chi connectivity index (χ0v) is 37.3. The van der Waals surface area contributed by atoms with Crippen molar-refractivity contribution in [3.05, 3.63) is 113 Å². The molecule has 0 bridgehead atoms. The molecule has 2 unspecified atom stereocenters. The fourth-order valence-electron chi connectivity index (χ4n) is 6.40. The van der Waals surface area contributed by atoms with Crippen molar-refractivity contribution < 1.29 is 57.2 Å². The second kappa shape index (κ2) is 23.1. The second-order valence-corrected chi connectivity index (χ2v) is 14.7. The Morgan fingerprint density at radius 1 is 0.517 bits per heavy atom. The van der Waals surface area contributed by atoms with Gasteiger partial charge in [-0.15, -0.1) is 0 Å². The van der Waals surface area contributed by atoms with Crippen LogP contribution in [0.3, 0.4) is 0 Å². The van der Waals surface area contributed by atoms with E-state index in [9.17, 15) is 28.8 Å². The molecule has 2 aromatic rings. The molecule has 0 radical (unpaired) electrons. The summed E-state index contributed by atoms with van der Waals surface area (Å²) < 4.78 is 30.0. The molecule has 0 aromatic heterocycles. The van der Waals surface area contributed by atoms with Crippen molar-refractivity contribution in [1.82, 2.24) is 10.6 Å². The van der Waals surface area contributed by atoms with Gasteiger partial charge in [0.05, 0.1) is 68.4 Å². The minimum Gasteiger partial charge on any atom is -0.466 e. The van der Waals surface area contributed by atoms with Crippen LogP contribution < -0.4 is 10.6 Å². The fraction of sp³-hybridized carbons (Fsp3) is 0.381. The number of benzene rings is 2. The van der Waals surface area contributed by atoms with Crippen molar-refractivity contribution in [3.8, 4) is 0 Å². The van der Waals surface area contributed by atoms with Gasteiger partial charge in [0.2, 0.25) is 13.6 Å². The number of ether oxygens (including phenoxy) is 6. The highest BCUT2D eigenvalue weighted by Gasteiger charge is 2.40. The molecule has 0 fully saturated rings. The zero-order chi connectivity index (χ0) is 44.8. The van der Waals surface area contributed by atoms with Gasteiger partial charge in [0.25, 0.3) is 0 Å². The van der Waals surface area contributed by atoms with Crippen LogP contribution in [0.2, 0.25) is 20.1 Å². The highest BCUT2D eigenvalue weighted by atomic mass is 35.5. The number of hydrogen-bond acceptors (Lipinski definition) is 14. The molecule has 2 N–H and O–H groups in total. The Balaban J connectivity index is 0.000000320. The van der Waals surface area contributed by atoms with E-state index < -0.39 is 61.2 Å². The molecule has 0 saturated heterocycles. The van der Waals surface area contributed by atoms with Gasteiger partial charge in [-0.1, -0.05) is 84.5 Å². The van der Waals surface area contributed by atoms with Crippen molar-refractivity contribution in [2.24, 2.45) is 0 Å². The topological polar surface area (TPSA) is 182 Å². The lowest BCUT2D eigenvalue weighted by Crippen LogP contribution is -2.32. The molecular weight excluding hydrogens is 866 g/mol. The van der Waals surface area contributed by atoms with E-state index in [0.29, 0.717) is 46.8 Å². The summed E-state index contributed by atoms with van der Waals surface area (Å²) in [5, 5.41) is 6.95. The van der Waals surface area contributed by atoms with Crippen LogP contribution in [0.1, 0.15) is 90.2 Å². The first kappa shape index (κ1) is 49.3. The van der Waals surface area contributed by atoms with E-state index in [4.69, 9.17) is 74.8 Å². The lowest BCUT2D eigenvalue weighted by atomic mass is 9.80. The van der Waals surface area contributed by atoms with Crippen LogP contribution >= 0.6 is 46.4 Å². The van der Waals surface area contributed by atoms with Crippen molar-refractivity contribution in [1.29, 1.82) is 0 Å². The van der Waals surface area contributed by atoms with Crippen LogP contribution in [0.4, 0.5) is 0 Å². The van der Waals surface area contributed by atoms with E-state index in [1.165, 1.54) is 14.2 Å². The number of rotatable bonds is 14. The van der Waals surface area contributed by atoms with Crippen molar-refractivity contribution in [2.75, 3.05) is 27.8 Å². The molecule has 0 aliphatic carbocycles.